The number of nitrogens with zero attached hydrogens (tertiary/aromatic N) is 1. The lowest BCUT2D eigenvalue weighted by Crippen LogP contribution is -2.29. The van der Waals surface area contributed by atoms with Gasteiger partial charge in [-0.25, -0.2) is 4.39 Å². The molecule has 1 atom stereocenters. The lowest BCUT2D eigenvalue weighted by molar-refractivity contribution is -0.140. The normalized spacial score (nSPS) is 24.9. The molecule has 0 aliphatic carbocycles. The predicted octanol–water partition coefficient (Wildman–Crippen LogP) is 3.54. The van der Waals surface area contributed by atoms with E-state index in [0.717, 1.165) is 25.2 Å². The van der Waals surface area contributed by atoms with Gasteiger partial charge < -0.3 is 10.0 Å². The van der Waals surface area contributed by atoms with Gasteiger partial charge in [0.15, 0.2) is 0 Å². The van der Waals surface area contributed by atoms with E-state index in [4.69, 9.17) is 0 Å². The summed E-state index contributed by atoms with van der Waals surface area (Å²) in [7, 11) is 0. The van der Waals surface area contributed by atoms with Crippen LogP contribution in [-0.4, -0.2) is 29.6 Å². The number of halogens is 4. The Bertz CT molecular complexity index is 503. The molecule has 0 radical (unpaired) electrons. The van der Waals surface area contributed by atoms with Gasteiger partial charge in [-0.05, 0) is 50.0 Å². The summed E-state index contributed by atoms with van der Waals surface area (Å²) in [5.74, 6) is -1.31. The monoisotopic (exact) mass is 305 g/mol. The average Bonchev–Trinajstić information content (AvgIpc) is 2.60. The first-order chi connectivity index (χ1) is 9.76. The third-order valence-corrected chi connectivity index (χ3v) is 4.16. The van der Waals surface area contributed by atoms with Crippen LogP contribution in [0.2, 0.25) is 0 Å². The Morgan fingerprint density at radius 3 is 2.57 bits per heavy atom. The van der Waals surface area contributed by atoms with Crippen molar-refractivity contribution in [2.24, 2.45) is 0 Å². The molecule has 21 heavy (non-hydrogen) atoms. The van der Waals surface area contributed by atoms with E-state index in [-0.39, 0.29) is 5.56 Å². The Hall–Kier alpha value is -1.14. The molecule has 1 saturated heterocycles. The van der Waals surface area contributed by atoms with Crippen LogP contribution in [0.15, 0.2) is 18.2 Å². The van der Waals surface area contributed by atoms with Crippen LogP contribution < -0.4 is 0 Å². The molecule has 1 aromatic rings. The zero-order valence-electron chi connectivity index (χ0n) is 11.9. The summed E-state index contributed by atoms with van der Waals surface area (Å²) in [6.45, 7) is 4.27. The van der Waals surface area contributed by atoms with E-state index in [1.165, 1.54) is 6.07 Å². The van der Waals surface area contributed by atoms with Gasteiger partial charge in [0.05, 0.1) is 11.2 Å². The van der Waals surface area contributed by atoms with Crippen molar-refractivity contribution in [2.75, 3.05) is 19.6 Å². The van der Waals surface area contributed by atoms with Crippen LogP contribution in [0.3, 0.4) is 0 Å². The molecule has 0 spiro atoms. The van der Waals surface area contributed by atoms with Crippen molar-refractivity contribution >= 4 is 0 Å². The van der Waals surface area contributed by atoms with Crippen molar-refractivity contribution in [3.63, 3.8) is 0 Å². The van der Waals surface area contributed by atoms with Gasteiger partial charge in [-0.15, -0.1) is 0 Å². The lowest BCUT2D eigenvalue weighted by Gasteiger charge is -2.28. The maximum atomic E-state index is 13.3. The molecule has 2 nitrogen and oxygen atoms in total. The number of alkyl halides is 3. The first-order valence-electron chi connectivity index (χ1n) is 7.08. The van der Waals surface area contributed by atoms with E-state index in [2.05, 4.69) is 4.90 Å². The molecule has 1 N–H and O–H groups in total. The molecular formula is C15H19F4NO. The standard InChI is InChI=1S/C15H19F4NO/c1-2-20-8-3-6-14(21,7-9-20)11-4-5-13(16)12(10-11)15(17,18)19/h4-5,10,21H,2-3,6-9H2,1H3. The van der Waals surface area contributed by atoms with Crippen LogP contribution in [0.25, 0.3) is 0 Å². The van der Waals surface area contributed by atoms with Crippen molar-refractivity contribution in [2.45, 2.75) is 38.0 Å². The summed E-state index contributed by atoms with van der Waals surface area (Å²) < 4.78 is 51.7. The Morgan fingerprint density at radius 1 is 1.24 bits per heavy atom. The minimum absolute atomic E-state index is 0.147. The molecule has 0 aromatic heterocycles. The second-order valence-corrected chi connectivity index (χ2v) is 5.51. The second-order valence-electron chi connectivity index (χ2n) is 5.51. The minimum Gasteiger partial charge on any atom is -0.385 e. The summed E-state index contributed by atoms with van der Waals surface area (Å²) >= 11 is 0. The van der Waals surface area contributed by atoms with Gasteiger partial charge in [0.2, 0.25) is 0 Å². The van der Waals surface area contributed by atoms with Gasteiger partial charge in [-0.3, -0.25) is 0 Å². The Labute approximate surface area is 121 Å². The molecule has 0 bridgehead atoms. The van der Waals surface area contributed by atoms with Crippen molar-refractivity contribution in [1.29, 1.82) is 0 Å². The van der Waals surface area contributed by atoms with E-state index < -0.39 is 23.2 Å². The van der Waals surface area contributed by atoms with Gasteiger partial charge in [-0.2, -0.15) is 13.2 Å². The topological polar surface area (TPSA) is 23.5 Å². The van der Waals surface area contributed by atoms with Crippen LogP contribution in [0.4, 0.5) is 17.6 Å². The molecule has 6 heteroatoms. The highest BCUT2D eigenvalue weighted by Crippen LogP contribution is 2.37. The average molecular weight is 305 g/mol. The van der Waals surface area contributed by atoms with Crippen LogP contribution >= 0.6 is 0 Å². The predicted molar refractivity (Wildman–Crippen MR) is 71.3 cm³/mol. The summed E-state index contributed by atoms with van der Waals surface area (Å²) in [6, 6.07) is 2.79. The third kappa shape index (κ3) is 3.55. The first kappa shape index (κ1) is 16.2. The number of hydrogen-bond donors (Lipinski definition) is 1. The van der Waals surface area contributed by atoms with E-state index in [0.29, 0.717) is 25.8 Å². The van der Waals surface area contributed by atoms with Crippen molar-refractivity contribution in [3.05, 3.63) is 35.1 Å². The van der Waals surface area contributed by atoms with E-state index >= 15 is 0 Å². The summed E-state index contributed by atoms with van der Waals surface area (Å²) in [4.78, 5) is 2.15. The molecule has 118 valence electrons. The van der Waals surface area contributed by atoms with Crippen molar-refractivity contribution < 1.29 is 22.7 Å². The van der Waals surface area contributed by atoms with E-state index in [9.17, 15) is 22.7 Å². The molecule has 2 rings (SSSR count). The highest BCUT2D eigenvalue weighted by atomic mass is 19.4. The molecule has 1 unspecified atom stereocenters. The highest BCUT2D eigenvalue weighted by Gasteiger charge is 2.38. The van der Waals surface area contributed by atoms with Gasteiger partial charge in [0.25, 0.3) is 0 Å². The number of aliphatic hydroxyl groups is 1. The second kappa shape index (κ2) is 5.93. The number of benzene rings is 1. The molecule has 1 aliphatic rings. The maximum Gasteiger partial charge on any atom is 0.419 e. The van der Waals surface area contributed by atoms with Gasteiger partial charge in [0.1, 0.15) is 5.82 Å². The maximum absolute atomic E-state index is 13.3. The Kier molecular flexibility index (Phi) is 4.58. The molecule has 1 aromatic carbocycles. The zero-order valence-corrected chi connectivity index (χ0v) is 11.9. The Balaban J connectivity index is 2.32. The van der Waals surface area contributed by atoms with Crippen LogP contribution in [-0.2, 0) is 11.8 Å². The fourth-order valence-electron chi connectivity index (χ4n) is 2.81. The number of hydrogen-bond acceptors (Lipinski definition) is 2. The number of rotatable bonds is 2. The van der Waals surface area contributed by atoms with Gasteiger partial charge >= 0.3 is 6.18 Å². The van der Waals surface area contributed by atoms with Gasteiger partial charge in [0, 0.05) is 6.54 Å². The molecule has 1 heterocycles. The van der Waals surface area contributed by atoms with Crippen molar-refractivity contribution in [1.82, 2.24) is 4.90 Å². The van der Waals surface area contributed by atoms with E-state index in [1.54, 1.807) is 0 Å². The molecule has 0 saturated carbocycles. The summed E-state index contributed by atoms with van der Waals surface area (Å²) in [5, 5.41) is 10.7. The SMILES string of the molecule is CCN1CCCC(O)(c2ccc(F)c(C(F)(F)F)c2)CC1. The third-order valence-electron chi connectivity index (χ3n) is 4.16. The number of likely N-dealkylation sites (tertiary alicyclic amines) is 1. The van der Waals surface area contributed by atoms with E-state index in [1.807, 2.05) is 6.92 Å². The zero-order chi connectivity index (χ0) is 15.7. The van der Waals surface area contributed by atoms with Crippen LogP contribution in [0, 0.1) is 5.82 Å². The van der Waals surface area contributed by atoms with Crippen LogP contribution in [0.1, 0.15) is 37.3 Å². The minimum atomic E-state index is -4.75. The smallest absolute Gasteiger partial charge is 0.385 e. The highest BCUT2D eigenvalue weighted by molar-refractivity contribution is 5.31. The molecular weight excluding hydrogens is 286 g/mol. The summed E-state index contributed by atoms with van der Waals surface area (Å²) in [5.41, 5.74) is -2.49. The summed E-state index contributed by atoms with van der Waals surface area (Å²) in [6.07, 6.45) is -3.32. The molecule has 1 fully saturated rings. The fraction of sp³-hybridized carbons (Fsp3) is 0.600. The molecule has 0 amide bonds. The molecule has 1 aliphatic heterocycles. The van der Waals surface area contributed by atoms with Crippen LogP contribution in [0.5, 0.6) is 0 Å². The van der Waals surface area contributed by atoms with Gasteiger partial charge in [-0.1, -0.05) is 13.0 Å². The lowest BCUT2D eigenvalue weighted by atomic mass is 9.86. The largest absolute Gasteiger partial charge is 0.419 e. The fourth-order valence-corrected chi connectivity index (χ4v) is 2.81. The quantitative estimate of drug-likeness (QED) is 0.845. The van der Waals surface area contributed by atoms with Crippen molar-refractivity contribution in [3.8, 4) is 0 Å². The first-order valence-corrected chi connectivity index (χ1v) is 7.08. The Morgan fingerprint density at radius 2 is 1.95 bits per heavy atom.